The molecule has 1 saturated carbocycles. The van der Waals surface area contributed by atoms with Gasteiger partial charge < -0.3 is 4.74 Å². The molecular formula is C26H23ClN6O2. The Morgan fingerprint density at radius 3 is 2.69 bits per heavy atom. The molecule has 6 rings (SSSR count). The van der Waals surface area contributed by atoms with Gasteiger partial charge in [0.15, 0.2) is 5.65 Å². The smallest absolute Gasteiger partial charge is 0.277 e. The van der Waals surface area contributed by atoms with Crippen LogP contribution < -0.4 is 5.56 Å². The summed E-state index contributed by atoms with van der Waals surface area (Å²) in [5.41, 5.74) is 4.38. The standard InChI is InChI=1S/C26H23ClN6O2/c1-15-23(27)26(34)32-14-21(31-24(25(32)30-15)17-4-2-16(11-28)3-5-17)18-8-9-35-22(10-18)19-12-29-33(13-19)20-6-7-20/h2-5,12-14,18,20,22H,6-10H2,1H3/t18-,22-/m0/s1. The Hall–Kier alpha value is -3.54. The van der Waals surface area contributed by atoms with Crippen molar-refractivity contribution in [1.29, 1.82) is 5.26 Å². The van der Waals surface area contributed by atoms with Crippen molar-refractivity contribution < 1.29 is 4.74 Å². The first kappa shape index (κ1) is 22.0. The minimum absolute atomic E-state index is 0.0754. The maximum absolute atomic E-state index is 13.1. The molecule has 1 aliphatic heterocycles. The van der Waals surface area contributed by atoms with Gasteiger partial charge in [-0.25, -0.2) is 9.97 Å². The van der Waals surface area contributed by atoms with Gasteiger partial charge in [-0.05, 0) is 44.7 Å². The molecule has 3 aromatic heterocycles. The number of nitriles is 1. The number of hydrogen-bond donors (Lipinski definition) is 0. The van der Waals surface area contributed by atoms with Gasteiger partial charge in [0.25, 0.3) is 5.56 Å². The minimum Gasteiger partial charge on any atom is -0.373 e. The van der Waals surface area contributed by atoms with Gasteiger partial charge in [-0.1, -0.05) is 23.7 Å². The summed E-state index contributed by atoms with van der Waals surface area (Å²) in [6, 6.07) is 9.80. The number of hydrogen-bond acceptors (Lipinski definition) is 6. The molecule has 0 N–H and O–H groups in total. The van der Waals surface area contributed by atoms with Crippen LogP contribution in [0.1, 0.15) is 66.3 Å². The average Bonchev–Trinajstić information content (AvgIpc) is 3.63. The molecule has 2 aliphatic rings. The van der Waals surface area contributed by atoms with Crippen molar-refractivity contribution in [3.63, 3.8) is 0 Å². The van der Waals surface area contributed by atoms with Crippen LogP contribution in [-0.4, -0.2) is 30.8 Å². The van der Waals surface area contributed by atoms with E-state index in [2.05, 4.69) is 22.3 Å². The molecule has 0 radical (unpaired) electrons. The van der Waals surface area contributed by atoms with E-state index in [1.54, 1.807) is 25.3 Å². The molecule has 0 amide bonds. The number of fused-ring (bicyclic) bond motifs is 1. The summed E-state index contributed by atoms with van der Waals surface area (Å²) < 4.78 is 9.64. The predicted molar refractivity (Wildman–Crippen MR) is 130 cm³/mol. The highest BCUT2D eigenvalue weighted by molar-refractivity contribution is 6.31. The quantitative estimate of drug-likeness (QED) is 0.412. The van der Waals surface area contributed by atoms with Gasteiger partial charge in [-0.2, -0.15) is 10.4 Å². The summed E-state index contributed by atoms with van der Waals surface area (Å²) >= 11 is 6.29. The van der Waals surface area contributed by atoms with Gasteiger partial charge >= 0.3 is 0 Å². The van der Waals surface area contributed by atoms with Crippen molar-refractivity contribution in [3.8, 4) is 17.3 Å². The van der Waals surface area contributed by atoms with E-state index in [0.717, 1.165) is 29.7 Å². The summed E-state index contributed by atoms with van der Waals surface area (Å²) in [5.74, 6) is 0.0894. The van der Waals surface area contributed by atoms with Crippen LogP contribution in [0.15, 0.2) is 47.7 Å². The lowest BCUT2D eigenvalue weighted by atomic mass is 9.90. The van der Waals surface area contributed by atoms with Crippen LogP contribution in [0.3, 0.4) is 0 Å². The average molecular weight is 487 g/mol. The molecule has 1 saturated heterocycles. The summed E-state index contributed by atoms with van der Waals surface area (Å²) in [5, 5.41) is 13.8. The monoisotopic (exact) mass is 486 g/mol. The predicted octanol–water partition coefficient (Wildman–Crippen LogP) is 4.76. The van der Waals surface area contributed by atoms with Crippen molar-refractivity contribution >= 4 is 17.2 Å². The molecule has 4 aromatic rings. The molecule has 1 aromatic carbocycles. The van der Waals surface area contributed by atoms with Crippen LogP contribution in [0, 0.1) is 18.3 Å². The molecule has 0 bridgehead atoms. The van der Waals surface area contributed by atoms with E-state index in [9.17, 15) is 10.1 Å². The van der Waals surface area contributed by atoms with E-state index in [1.165, 1.54) is 17.2 Å². The Kier molecular flexibility index (Phi) is 5.39. The summed E-state index contributed by atoms with van der Waals surface area (Å²) in [6.07, 6.45) is 9.58. The molecule has 2 fully saturated rings. The minimum atomic E-state index is -0.318. The van der Waals surface area contributed by atoms with Crippen LogP contribution in [0.5, 0.6) is 0 Å². The second kappa shape index (κ2) is 8.59. The van der Waals surface area contributed by atoms with E-state index in [1.807, 2.05) is 23.0 Å². The molecule has 0 unspecified atom stereocenters. The van der Waals surface area contributed by atoms with Crippen molar-refractivity contribution in [2.75, 3.05) is 6.61 Å². The molecule has 0 spiro atoms. The Morgan fingerprint density at radius 2 is 1.94 bits per heavy atom. The van der Waals surface area contributed by atoms with Crippen LogP contribution in [0.2, 0.25) is 5.02 Å². The van der Waals surface area contributed by atoms with Crippen molar-refractivity contribution in [1.82, 2.24) is 24.1 Å². The number of nitrogens with zero attached hydrogens (tertiary/aromatic N) is 6. The number of rotatable bonds is 4. The topological polar surface area (TPSA) is 98.1 Å². The fourth-order valence-corrected chi connectivity index (χ4v) is 4.83. The molecule has 176 valence electrons. The zero-order valence-corrected chi connectivity index (χ0v) is 19.9. The lowest BCUT2D eigenvalue weighted by Crippen LogP contribution is -2.23. The Labute approximate surface area is 206 Å². The van der Waals surface area contributed by atoms with Gasteiger partial charge in [0, 0.05) is 36.0 Å². The lowest BCUT2D eigenvalue weighted by molar-refractivity contribution is 0.00454. The highest BCUT2D eigenvalue weighted by atomic mass is 35.5. The molecule has 4 heterocycles. The maximum atomic E-state index is 13.1. The second-order valence-electron chi connectivity index (χ2n) is 9.28. The third-order valence-corrected chi connectivity index (χ3v) is 7.28. The van der Waals surface area contributed by atoms with Crippen molar-refractivity contribution in [2.24, 2.45) is 0 Å². The van der Waals surface area contributed by atoms with E-state index in [4.69, 9.17) is 21.3 Å². The number of aromatic nitrogens is 5. The van der Waals surface area contributed by atoms with E-state index >= 15 is 0 Å². The number of aryl methyl sites for hydroxylation is 1. The third-order valence-electron chi connectivity index (χ3n) is 6.84. The number of ether oxygens (including phenoxy) is 1. The SMILES string of the molecule is Cc1nc2c(-c3ccc(C#N)cc3)nc([C@H]3CCO[C@H](c4cnn(C5CC5)c4)C3)cn2c(=O)c1Cl. The Balaban J connectivity index is 1.43. The first-order valence-corrected chi connectivity index (χ1v) is 12.1. The van der Waals surface area contributed by atoms with Crippen molar-refractivity contribution in [2.45, 2.75) is 50.7 Å². The highest BCUT2D eigenvalue weighted by Crippen LogP contribution is 2.39. The number of benzene rings is 1. The summed E-state index contributed by atoms with van der Waals surface area (Å²) in [6.45, 7) is 2.31. The maximum Gasteiger partial charge on any atom is 0.277 e. The van der Waals surface area contributed by atoms with E-state index < -0.39 is 0 Å². The van der Waals surface area contributed by atoms with Crippen LogP contribution in [0.4, 0.5) is 0 Å². The van der Waals surface area contributed by atoms with Gasteiger partial charge in [0.1, 0.15) is 10.7 Å². The van der Waals surface area contributed by atoms with Crippen LogP contribution in [-0.2, 0) is 4.74 Å². The molecule has 9 heteroatoms. The van der Waals surface area contributed by atoms with E-state index in [0.29, 0.717) is 35.2 Å². The zero-order chi connectivity index (χ0) is 24.1. The Morgan fingerprint density at radius 1 is 1.14 bits per heavy atom. The van der Waals surface area contributed by atoms with Crippen LogP contribution >= 0.6 is 11.6 Å². The second-order valence-corrected chi connectivity index (χ2v) is 9.66. The first-order valence-electron chi connectivity index (χ1n) is 11.8. The highest BCUT2D eigenvalue weighted by Gasteiger charge is 2.30. The summed E-state index contributed by atoms with van der Waals surface area (Å²) in [7, 11) is 0. The van der Waals surface area contributed by atoms with Gasteiger partial charge in [-0.15, -0.1) is 0 Å². The zero-order valence-electron chi connectivity index (χ0n) is 19.2. The van der Waals surface area contributed by atoms with Gasteiger partial charge in [0.05, 0.1) is 41.4 Å². The van der Waals surface area contributed by atoms with Crippen molar-refractivity contribution in [3.05, 3.63) is 80.7 Å². The summed E-state index contributed by atoms with van der Waals surface area (Å²) in [4.78, 5) is 22.7. The fraction of sp³-hybridized carbons (Fsp3) is 0.346. The van der Waals surface area contributed by atoms with E-state index in [-0.39, 0.29) is 22.6 Å². The molecule has 35 heavy (non-hydrogen) atoms. The third kappa shape index (κ3) is 4.01. The Bertz CT molecular complexity index is 1530. The number of halogens is 1. The van der Waals surface area contributed by atoms with Crippen LogP contribution in [0.25, 0.3) is 16.9 Å². The molecular weight excluding hydrogens is 464 g/mol. The first-order chi connectivity index (χ1) is 17.0. The largest absolute Gasteiger partial charge is 0.373 e. The van der Waals surface area contributed by atoms with Gasteiger partial charge in [-0.3, -0.25) is 13.9 Å². The fourth-order valence-electron chi connectivity index (χ4n) is 4.69. The lowest BCUT2D eigenvalue weighted by Gasteiger charge is -2.29. The molecule has 1 aliphatic carbocycles. The molecule has 2 atom stereocenters. The molecule has 8 nitrogen and oxygen atoms in total. The van der Waals surface area contributed by atoms with Gasteiger partial charge in [0.2, 0.25) is 0 Å². The normalized spacial score (nSPS) is 20.1.